The first kappa shape index (κ1) is 21.1. The summed E-state index contributed by atoms with van der Waals surface area (Å²) >= 11 is 0. The third kappa shape index (κ3) is 4.79. The van der Waals surface area contributed by atoms with Crippen molar-refractivity contribution in [2.45, 2.75) is 10.6 Å². The van der Waals surface area contributed by atoms with Crippen LogP contribution in [0.3, 0.4) is 0 Å². The summed E-state index contributed by atoms with van der Waals surface area (Å²) < 4.78 is 30.2. The second-order valence-corrected chi connectivity index (χ2v) is 8.89. The zero-order valence-electron chi connectivity index (χ0n) is 16.7. The molecular weight excluding hydrogens is 430 g/mol. The number of carbonyl (C=O) groups excluding carboxylic acids is 2. The second-order valence-electron chi connectivity index (χ2n) is 6.90. The Morgan fingerprint density at radius 1 is 0.781 bits per heavy atom. The molecule has 0 radical (unpaired) electrons. The molecule has 9 heteroatoms. The van der Waals surface area contributed by atoms with Crippen molar-refractivity contribution in [1.82, 2.24) is 10.9 Å². The largest absolute Gasteiger partial charge is 0.455 e. The van der Waals surface area contributed by atoms with E-state index in [2.05, 4.69) is 16.2 Å². The lowest BCUT2D eigenvalue weighted by Gasteiger charge is -2.10. The molecule has 0 atom stereocenters. The maximum absolute atomic E-state index is 12.4. The fourth-order valence-corrected chi connectivity index (χ4v) is 4.41. The van der Waals surface area contributed by atoms with Gasteiger partial charge < -0.3 is 9.73 Å². The van der Waals surface area contributed by atoms with Crippen LogP contribution in [0.25, 0.3) is 10.8 Å². The van der Waals surface area contributed by atoms with Crippen LogP contribution in [0.15, 0.2) is 94.2 Å². The van der Waals surface area contributed by atoms with Crippen LogP contribution in [0.1, 0.15) is 16.3 Å². The van der Waals surface area contributed by atoms with Gasteiger partial charge in [0.2, 0.25) is 0 Å². The van der Waals surface area contributed by atoms with Gasteiger partial charge in [-0.2, -0.15) is 0 Å². The molecule has 0 bridgehead atoms. The molecule has 0 aliphatic heterocycles. The van der Waals surface area contributed by atoms with Gasteiger partial charge in [0.25, 0.3) is 0 Å². The molecule has 0 saturated carbocycles. The topological polar surface area (TPSA) is 118 Å². The molecule has 3 N–H and O–H groups in total. The van der Waals surface area contributed by atoms with Gasteiger partial charge in [-0.05, 0) is 35.7 Å². The smallest absolute Gasteiger partial charge is 0.337 e. The van der Waals surface area contributed by atoms with E-state index in [0.29, 0.717) is 5.69 Å². The zero-order valence-corrected chi connectivity index (χ0v) is 17.6. The van der Waals surface area contributed by atoms with Gasteiger partial charge in [-0.1, -0.05) is 54.6 Å². The molecule has 0 spiro atoms. The molecule has 3 aromatic carbocycles. The molecule has 0 aliphatic rings. The van der Waals surface area contributed by atoms with Crippen LogP contribution >= 0.6 is 0 Å². The second kappa shape index (κ2) is 8.94. The highest BCUT2D eigenvalue weighted by molar-refractivity contribution is 7.90. The minimum atomic E-state index is -3.61. The van der Waals surface area contributed by atoms with E-state index in [1.165, 1.54) is 24.3 Å². The van der Waals surface area contributed by atoms with Gasteiger partial charge in [0, 0.05) is 5.39 Å². The Balaban J connectivity index is 1.35. The summed E-state index contributed by atoms with van der Waals surface area (Å²) in [4.78, 5) is 24.6. The molecule has 4 rings (SSSR count). The minimum Gasteiger partial charge on any atom is -0.455 e. The molecule has 1 aromatic heterocycles. The summed E-state index contributed by atoms with van der Waals surface area (Å²) in [7, 11) is -3.61. The van der Waals surface area contributed by atoms with E-state index < -0.39 is 21.8 Å². The average Bonchev–Trinajstić information content (AvgIpc) is 3.26. The van der Waals surface area contributed by atoms with E-state index in [4.69, 9.17) is 4.42 Å². The molecular formula is C23H19N3O5S. The van der Waals surface area contributed by atoms with Crippen molar-refractivity contribution in [1.29, 1.82) is 0 Å². The minimum absolute atomic E-state index is 0.110. The third-order valence-corrected chi connectivity index (χ3v) is 6.30. The molecule has 32 heavy (non-hydrogen) atoms. The first-order valence-corrected chi connectivity index (χ1v) is 11.3. The van der Waals surface area contributed by atoms with Gasteiger partial charge >= 0.3 is 11.9 Å². The Morgan fingerprint density at radius 2 is 1.50 bits per heavy atom. The van der Waals surface area contributed by atoms with Crippen molar-refractivity contribution in [2.24, 2.45) is 0 Å². The Morgan fingerprint density at radius 3 is 2.31 bits per heavy atom. The number of carbonyl (C=O) groups is 2. The molecule has 162 valence electrons. The first-order chi connectivity index (χ1) is 15.4. The van der Waals surface area contributed by atoms with Crippen LogP contribution in [-0.2, 0) is 15.6 Å². The van der Waals surface area contributed by atoms with E-state index in [-0.39, 0.29) is 22.2 Å². The Kier molecular flexibility index (Phi) is 5.91. The standard InChI is InChI=1S/C23H19N3O5S/c27-22(21-14-13-17(31-21)15-32(29,30)18-9-2-1-3-10-18)25-26-23(28)24-20-12-6-8-16-7-4-5-11-19(16)20/h1-14H,15H2,(H,25,27)(H2,24,26,28). The van der Waals surface area contributed by atoms with Crippen molar-refractivity contribution in [2.75, 3.05) is 5.32 Å². The van der Waals surface area contributed by atoms with Crippen LogP contribution in [0.5, 0.6) is 0 Å². The number of hydrazine groups is 1. The number of hydrogen-bond acceptors (Lipinski definition) is 5. The summed E-state index contributed by atoms with van der Waals surface area (Å²) in [6.45, 7) is 0. The summed E-state index contributed by atoms with van der Waals surface area (Å²) in [6, 6.07) is 23.1. The average molecular weight is 449 g/mol. The van der Waals surface area contributed by atoms with Gasteiger partial charge in [0.1, 0.15) is 11.5 Å². The number of benzene rings is 3. The number of rotatable bonds is 5. The van der Waals surface area contributed by atoms with E-state index in [1.54, 1.807) is 24.3 Å². The highest BCUT2D eigenvalue weighted by Gasteiger charge is 2.19. The Bertz CT molecular complexity index is 1380. The van der Waals surface area contributed by atoms with Gasteiger partial charge in [0.05, 0.1) is 10.6 Å². The quantitative estimate of drug-likeness (QED) is 0.400. The predicted octanol–water partition coefficient (Wildman–Crippen LogP) is 3.87. The van der Waals surface area contributed by atoms with Crippen molar-refractivity contribution in [3.63, 3.8) is 0 Å². The molecule has 8 nitrogen and oxygen atoms in total. The Labute approximate surface area is 184 Å². The molecule has 0 unspecified atom stereocenters. The van der Waals surface area contributed by atoms with Crippen LogP contribution in [0.2, 0.25) is 0 Å². The van der Waals surface area contributed by atoms with Crippen molar-refractivity contribution < 1.29 is 22.4 Å². The summed E-state index contributed by atoms with van der Waals surface area (Å²) in [5.41, 5.74) is 5.06. The van der Waals surface area contributed by atoms with Gasteiger partial charge in [-0.25, -0.2) is 18.6 Å². The number of anilines is 1. The lowest BCUT2D eigenvalue weighted by atomic mass is 10.1. The summed E-state index contributed by atoms with van der Waals surface area (Å²) in [5, 5.41) is 4.49. The maximum atomic E-state index is 12.4. The van der Waals surface area contributed by atoms with Gasteiger partial charge in [-0.15, -0.1) is 0 Å². The fraction of sp³-hybridized carbons (Fsp3) is 0.0435. The van der Waals surface area contributed by atoms with E-state index >= 15 is 0 Å². The number of nitrogens with one attached hydrogen (secondary N) is 3. The first-order valence-electron chi connectivity index (χ1n) is 9.64. The molecule has 4 aromatic rings. The lowest BCUT2D eigenvalue weighted by molar-refractivity contribution is 0.0908. The van der Waals surface area contributed by atoms with Gasteiger partial charge in [-0.3, -0.25) is 10.2 Å². The monoisotopic (exact) mass is 449 g/mol. The number of urea groups is 1. The van der Waals surface area contributed by atoms with E-state index in [0.717, 1.165) is 10.8 Å². The number of furan rings is 1. The van der Waals surface area contributed by atoms with Crippen molar-refractivity contribution >= 4 is 38.2 Å². The SMILES string of the molecule is O=C(NNC(=O)c1ccc(CS(=O)(=O)c2ccccc2)o1)Nc1cccc2ccccc12. The zero-order chi connectivity index (χ0) is 22.6. The number of fused-ring (bicyclic) bond motifs is 1. The predicted molar refractivity (Wildman–Crippen MR) is 120 cm³/mol. The van der Waals surface area contributed by atoms with Crippen molar-refractivity contribution in [3.05, 3.63) is 96.4 Å². The third-order valence-electron chi connectivity index (χ3n) is 4.65. The molecule has 0 saturated heterocycles. The molecule has 0 fully saturated rings. The summed E-state index contributed by atoms with van der Waals surface area (Å²) in [5.74, 6) is -1.13. The number of sulfone groups is 1. The molecule has 3 amide bonds. The van der Waals surface area contributed by atoms with E-state index in [1.807, 2.05) is 36.4 Å². The van der Waals surface area contributed by atoms with Crippen LogP contribution in [0, 0.1) is 0 Å². The number of hydrogen-bond donors (Lipinski definition) is 3. The lowest BCUT2D eigenvalue weighted by Crippen LogP contribution is -2.43. The van der Waals surface area contributed by atoms with E-state index in [9.17, 15) is 18.0 Å². The number of amides is 3. The Hall–Kier alpha value is -4.11. The highest BCUT2D eigenvalue weighted by Crippen LogP contribution is 2.22. The van der Waals surface area contributed by atoms with Crippen LogP contribution in [-0.4, -0.2) is 20.4 Å². The molecule has 1 heterocycles. The fourth-order valence-electron chi connectivity index (χ4n) is 3.14. The van der Waals surface area contributed by atoms with Crippen molar-refractivity contribution in [3.8, 4) is 0 Å². The highest BCUT2D eigenvalue weighted by atomic mass is 32.2. The maximum Gasteiger partial charge on any atom is 0.337 e. The molecule has 0 aliphatic carbocycles. The van der Waals surface area contributed by atoms with Gasteiger partial charge in [0.15, 0.2) is 15.6 Å². The normalized spacial score (nSPS) is 11.1. The summed E-state index contributed by atoms with van der Waals surface area (Å²) in [6.07, 6.45) is 0. The van der Waals surface area contributed by atoms with Crippen LogP contribution < -0.4 is 16.2 Å². The van der Waals surface area contributed by atoms with Crippen LogP contribution in [0.4, 0.5) is 10.5 Å².